The van der Waals surface area contributed by atoms with Gasteiger partial charge >= 0.3 is 0 Å². The fraction of sp³-hybridized carbons (Fsp3) is 0.889. The van der Waals surface area contributed by atoms with Crippen molar-refractivity contribution >= 4 is 11.6 Å². The Morgan fingerprint density at radius 1 is 0.368 bits per heavy atom. The van der Waals surface area contributed by atoms with E-state index < -0.39 is 0 Å². The maximum atomic E-state index is 5.65. The zero-order chi connectivity index (χ0) is 28.0. The van der Waals surface area contributed by atoms with Crippen molar-refractivity contribution in [1.82, 2.24) is 0 Å². The maximum Gasteiger partial charge on any atom is 0.0223 e. The lowest BCUT2D eigenvalue weighted by atomic mass is 10.1. The third kappa shape index (κ3) is 42.8. The van der Waals surface area contributed by atoms with Crippen molar-refractivity contribution in [2.75, 3.05) is 12.4 Å². The Labute approximate surface area is 247 Å². The third-order valence-electron chi connectivity index (χ3n) is 7.36. The second-order valence-corrected chi connectivity index (χ2v) is 11.7. The van der Waals surface area contributed by atoms with Crippen molar-refractivity contribution in [3.63, 3.8) is 0 Å². The van der Waals surface area contributed by atoms with Gasteiger partial charge in [0.05, 0.1) is 0 Å². The van der Waals surface area contributed by atoms with Gasteiger partial charge in [-0.25, -0.2) is 0 Å². The molecule has 0 amide bonds. The minimum atomic E-state index is 0.835. The van der Waals surface area contributed by atoms with Crippen LogP contribution in [0.2, 0.25) is 0 Å². The van der Waals surface area contributed by atoms with E-state index in [1.54, 1.807) is 0 Å². The molecule has 0 bridgehead atoms. The summed E-state index contributed by atoms with van der Waals surface area (Å²) in [5, 5.41) is 0. The molecule has 0 aromatic heterocycles. The van der Waals surface area contributed by atoms with Crippen LogP contribution in [0.25, 0.3) is 0 Å². The minimum absolute atomic E-state index is 0.835. The first-order valence-electron chi connectivity index (χ1n) is 17.4. The monoisotopic (exact) mass is 554 g/mol. The highest BCUT2D eigenvalue weighted by molar-refractivity contribution is 6.17. The zero-order valence-electron chi connectivity index (χ0n) is 26.5. The van der Waals surface area contributed by atoms with Crippen LogP contribution in [0, 0.1) is 0 Å². The topological polar surface area (TPSA) is 26.0 Å². The number of nitrogens with two attached hydrogens (primary N) is 1. The lowest BCUT2D eigenvalue weighted by Crippen LogP contribution is -1.97. The molecule has 0 atom stereocenters. The molecule has 228 valence electrons. The fourth-order valence-electron chi connectivity index (χ4n) is 4.73. The van der Waals surface area contributed by atoms with Crippen LogP contribution in [0.15, 0.2) is 24.3 Å². The normalized spacial score (nSPS) is 11.5. The summed E-state index contributed by atoms with van der Waals surface area (Å²) < 4.78 is 0. The van der Waals surface area contributed by atoms with Crippen LogP contribution in [0.5, 0.6) is 0 Å². The largest absolute Gasteiger partial charge is 0.330 e. The molecule has 1 nitrogen and oxygen atoms in total. The minimum Gasteiger partial charge on any atom is -0.330 e. The molecule has 0 radical (unpaired) electrons. The molecule has 0 heterocycles. The Balaban J connectivity index is 0. The van der Waals surface area contributed by atoms with Crippen LogP contribution in [0.4, 0.5) is 0 Å². The summed E-state index contributed by atoms with van der Waals surface area (Å²) in [6.45, 7) is 5.42. The number of halogens is 1. The van der Waals surface area contributed by atoms with Gasteiger partial charge in [-0.1, -0.05) is 154 Å². The lowest BCUT2D eigenvalue weighted by Gasteiger charge is -1.99. The highest BCUT2D eigenvalue weighted by Crippen LogP contribution is 2.11. The van der Waals surface area contributed by atoms with Gasteiger partial charge in [-0.05, 0) is 70.8 Å². The van der Waals surface area contributed by atoms with Gasteiger partial charge in [0.1, 0.15) is 0 Å². The molecule has 2 N–H and O–H groups in total. The first kappa shape index (κ1) is 39.9. The van der Waals surface area contributed by atoms with Gasteiger partial charge in [-0.2, -0.15) is 0 Å². The Bertz CT molecular complexity index is 391. The molecule has 0 aromatic rings. The SMILES string of the molecule is CCCCCCCC/C=C\CCCCCCCCCl.CCCCCCCC/C=C\CCCCCCCCN. The van der Waals surface area contributed by atoms with Crippen LogP contribution >= 0.6 is 11.6 Å². The lowest BCUT2D eigenvalue weighted by molar-refractivity contribution is 0.599. The average molecular weight is 554 g/mol. The van der Waals surface area contributed by atoms with E-state index in [1.165, 1.54) is 180 Å². The molecule has 0 spiro atoms. The molecule has 0 saturated heterocycles. The maximum absolute atomic E-state index is 5.65. The number of hydrogen-bond acceptors (Lipinski definition) is 1. The van der Waals surface area contributed by atoms with Crippen molar-refractivity contribution in [3.8, 4) is 0 Å². The van der Waals surface area contributed by atoms with E-state index in [4.69, 9.17) is 17.3 Å². The molecule has 0 aliphatic carbocycles. The highest BCUT2D eigenvalue weighted by Gasteiger charge is 1.92. The van der Waals surface area contributed by atoms with Crippen LogP contribution < -0.4 is 5.73 Å². The van der Waals surface area contributed by atoms with E-state index in [2.05, 4.69) is 38.2 Å². The van der Waals surface area contributed by atoms with Gasteiger partial charge < -0.3 is 5.73 Å². The van der Waals surface area contributed by atoms with Gasteiger partial charge in [-0.15, -0.1) is 11.6 Å². The Kier molecular flexibility index (Phi) is 43.2. The smallest absolute Gasteiger partial charge is 0.0223 e. The first-order chi connectivity index (χ1) is 18.8. The van der Waals surface area contributed by atoms with E-state index in [9.17, 15) is 0 Å². The summed E-state index contributed by atoms with van der Waals surface area (Å²) in [7, 11) is 0. The van der Waals surface area contributed by atoms with Gasteiger partial charge in [0.15, 0.2) is 0 Å². The first-order valence-corrected chi connectivity index (χ1v) is 17.9. The molecule has 0 saturated carbocycles. The summed E-state index contributed by atoms with van der Waals surface area (Å²) in [5.74, 6) is 0.835. The molecule has 0 fully saturated rings. The number of hydrogen-bond donors (Lipinski definition) is 1. The number of rotatable bonds is 30. The summed E-state index contributed by atoms with van der Waals surface area (Å²) >= 11 is 5.65. The van der Waals surface area contributed by atoms with Gasteiger partial charge in [-0.3, -0.25) is 0 Å². The van der Waals surface area contributed by atoms with E-state index in [-0.39, 0.29) is 0 Å². The van der Waals surface area contributed by atoms with E-state index in [0.29, 0.717) is 0 Å². The van der Waals surface area contributed by atoms with Crippen molar-refractivity contribution in [2.24, 2.45) is 5.73 Å². The van der Waals surface area contributed by atoms with Gasteiger partial charge in [0.2, 0.25) is 0 Å². The average Bonchev–Trinajstić information content (AvgIpc) is 2.93. The Morgan fingerprint density at radius 2 is 0.632 bits per heavy atom. The summed E-state index contributed by atoms with van der Waals surface area (Å²) in [5.41, 5.74) is 5.47. The second kappa shape index (κ2) is 41.2. The predicted octanol–water partition coefficient (Wildman–Crippen LogP) is 13.2. The van der Waals surface area contributed by atoms with Crippen LogP contribution in [-0.4, -0.2) is 12.4 Å². The van der Waals surface area contributed by atoms with Gasteiger partial charge in [0.25, 0.3) is 0 Å². The Morgan fingerprint density at radius 3 is 0.921 bits per heavy atom. The fourth-order valence-corrected chi connectivity index (χ4v) is 4.92. The van der Waals surface area contributed by atoms with Crippen molar-refractivity contribution < 1.29 is 0 Å². The van der Waals surface area contributed by atoms with Crippen molar-refractivity contribution in [3.05, 3.63) is 24.3 Å². The van der Waals surface area contributed by atoms with E-state index >= 15 is 0 Å². The molecular weight excluding hydrogens is 482 g/mol. The molecule has 0 aliphatic heterocycles. The van der Waals surface area contributed by atoms with Crippen LogP contribution in [0.3, 0.4) is 0 Å². The highest BCUT2D eigenvalue weighted by atomic mass is 35.5. The Hall–Kier alpha value is -0.270. The molecule has 0 aromatic carbocycles. The number of unbranched alkanes of at least 4 members (excludes halogenated alkanes) is 24. The quantitative estimate of drug-likeness (QED) is 0.0534. The van der Waals surface area contributed by atoms with E-state index in [1.807, 2.05) is 0 Å². The van der Waals surface area contributed by atoms with Gasteiger partial charge in [0, 0.05) is 5.88 Å². The predicted molar refractivity (Wildman–Crippen MR) is 179 cm³/mol. The molecule has 0 rings (SSSR count). The summed E-state index contributed by atoms with van der Waals surface area (Å²) in [6.07, 6.45) is 47.7. The summed E-state index contributed by atoms with van der Waals surface area (Å²) in [6, 6.07) is 0. The van der Waals surface area contributed by atoms with E-state index in [0.717, 1.165) is 12.4 Å². The standard InChI is InChI=1S/C18H35Cl.C18H37N/c2*1-2-3-4-5-6-7-8-9-10-11-12-13-14-15-16-17-18-19/h9-10H,2-8,11-18H2,1H3;9-10H,2-8,11-19H2,1H3/b2*10-9-. The molecule has 0 aliphatic rings. The molecular formula is C36H72ClN. The van der Waals surface area contributed by atoms with Crippen molar-refractivity contribution in [2.45, 2.75) is 194 Å². The third-order valence-corrected chi connectivity index (χ3v) is 7.63. The summed E-state index contributed by atoms with van der Waals surface area (Å²) in [4.78, 5) is 0. The van der Waals surface area contributed by atoms with Crippen molar-refractivity contribution in [1.29, 1.82) is 0 Å². The molecule has 2 heteroatoms. The molecule has 0 unspecified atom stereocenters. The number of alkyl halides is 1. The van der Waals surface area contributed by atoms with Crippen LogP contribution in [-0.2, 0) is 0 Å². The second-order valence-electron chi connectivity index (χ2n) is 11.4. The van der Waals surface area contributed by atoms with Crippen LogP contribution in [0.1, 0.15) is 194 Å². The number of allylic oxidation sites excluding steroid dienone is 4. The molecule has 38 heavy (non-hydrogen) atoms. The zero-order valence-corrected chi connectivity index (χ0v) is 27.2.